The molecule has 26 heavy (non-hydrogen) atoms. The van der Waals surface area contributed by atoms with Gasteiger partial charge in [0.25, 0.3) is 5.91 Å². The SMILES string of the molecule is CCOC(=O)CCN(CCc1ccc(F)cc1)C(=O)c1cccc(C)c1. The van der Waals surface area contributed by atoms with Gasteiger partial charge in [0, 0.05) is 18.7 Å². The standard InChI is InChI=1S/C21H24FNO3/c1-3-26-20(24)12-14-23(13-11-17-7-9-19(22)10-8-17)21(25)18-6-4-5-16(2)15-18/h4-10,15H,3,11-14H2,1-2H3. The van der Waals surface area contributed by atoms with E-state index in [4.69, 9.17) is 4.74 Å². The Morgan fingerprint density at radius 1 is 1.08 bits per heavy atom. The molecule has 0 aromatic heterocycles. The van der Waals surface area contributed by atoms with Gasteiger partial charge in [-0.15, -0.1) is 0 Å². The molecule has 0 saturated heterocycles. The number of benzene rings is 2. The number of nitrogens with zero attached hydrogens (tertiary/aromatic N) is 1. The number of esters is 1. The molecule has 0 aliphatic carbocycles. The molecule has 0 unspecified atom stereocenters. The lowest BCUT2D eigenvalue weighted by molar-refractivity contribution is -0.143. The first-order chi connectivity index (χ1) is 12.5. The number of ether oxygens (including phenoxy) is 1. The van der Waals surface area contributed by atoms with E-state index in [1.807, 2.05) is 25.1 Å². The highest BCUT2D eigenvalue weighted by Crippen LogP contribution is 2.11. The largest absolute Gasteiger partial charge is 0.466 e. The van der Waals surface area contributed by atoms with E-state index in [1.54, 1.807) is 30.0 Å². The molecule has 0 bridgehead atoms. The molecule has 0 fully saturated rings. The molecule has 5 heteroatoms. The minimum absolute atomic E-state index is 0.125. The molecular formula is C21H24FNO3. The third kappa shape index (κ3) is 5.99. The Balaban J connectivity index is 2.08. The zero-order valence-corrected chi connectivity index (χ0v) is 15.2. The molecule has 0 aliphatic heterocycles. The van der Waals surface area contributed by atoms with Crippen LogP contribution in [-0.2, 0) is 16.0 Å². The molecule has 0 aliphatic rings. The van der Waals surface area contributed by atoms with Gasteiger partial charge in [0.2, 0.25) is 0 Å². The number of hydrogen-bond acceptors (Lipinski definition) is 3. The Hall–Kier alpha value is -2.69. The van der Waals surface area contributed by atoms with Gasteiger partial charge in [0.15, 0.2) is 0 Å². The average molecular weight is 357 g/mol. The van der Waals surface area contributed by atoms with E-state index in [0.717, 1.165) is 11.1 Å². The molecule has 0 radical (unpaired) electrons. The van der Waals surface area contributed by atoms with Crippen molar-refractivity contribution in [3.63, 3.8) is 0 Å². The first kappa shape index (κ1) is 19.6. The van der Waals surface area contributed by atoms with E-state index in [-0.39, 0.29) is 30.7 Å². The van der Waals surface area contributed by atoms with Crippen LogP contribution in [0.2, 0.25) is 0 Å². The lowest BCUT2D eigenvalue weighted by atomic mass is 10.1. The van der Waals surface area contributed by atoms with Crippen LogP contribution in [0.1, 0.15) is 34.8 Å². The van der Waals surface area contributed by atoms with Crippen LogP contribution < -0.4 is 0 Å². The number of carbonyl (C=O) groups is 2. The molecule has 0 heterocycles. The molecule has 2 aromatic rings. The van der Waals surface area contributed by atoms with E-state index in [9.17, 15) is 14.0 Å². The molecule has 0 N–H and O–H groups in total. The summed E-state index contributed by atoms with van der Waals surface area (Å²) in [6.07, 6.45) is 0.732. The van der Waals surface area contributed by atoms with Crippen LogP contribution in [0.25, 0.3) is 0 Å². The fourth-order valence-corrected chi connectivity index (χ4v) is 2.65. The van der Waals surface area contributed by atoms with E-state index in [0.29, 0.717) is 25.1 Å². The molecule has 138 valence electrons. The number of hydrogen-bond donors (Lipinski definition) is 0. The fourth-order valence-electron chi connectivity index (χ4n) is 2.65. The van der Waals surface area contributed by atoms with Crippen molar-refractivity contribution < 1.29 is 18.7 Å². The van der Waals surface area contributed by atoms with Crippen LogP contribution in [-0.4, -0.2) is 36.5 Å². The van der Waals surface area contributed by atoms with Gasteiger partial charge < -0.3 is 9.64 Å². The molecule has 0 spiro atoms. The molecule has 2 rings (SSSR count). The second-order valence-electron chi connectivity index (χ2n) is 6.09. The summed E-state index contributed by atoms with van der Waals surface area (Å²) in [7, 11) is 0. The van der Waals surface area contributed by atoms with Crippen molar-refractivity contribution in [2.45, 2.75) is 26.7 Å². The number of amides is 1. The monoisotopic (exact) mass is 357 g/mol. The van der Waals surface area contributed by atoms with Gasteiger partial charge in [-0.1, -0.05) is 29.8 Å². The minimum atomic E-state index is -0.323. The second kappa shape index (κ2) is 9.70. The summed E-state index contributed by atoms with van der Waals surface area (Å²) in [4.78, 5) is 26.2. The fraction of sp³-hybridized carbons (Fsp3) is 0.333. The van der Waals surface area contributed by atoms with Crippen LogP contribution in [0, 0.1) is 12.7 Å². The summed E-state index contributed by atoms with van der Waals surface area (Å²) in [6.45, 7) is 4.73. The maximum absolute atomic E-state index is 13.0. The van der Waals surface area contributed by atoms with Crippen molar-refractivity contribution in [1.29, 1.82) is 0 Å². The molecular weight excluding hydrogens is 333 g/mol. The van der Waals surface area contributed by atoms with Gasteiger partial charge in [-0.2, -0.15) is 0 Å². The van der Waals surface area contributed by atoms with Gasteiger partial charge in [0.05, 0.1) is 13.0 Å². The highest BCUT2D eigenvalue weighted by molar-refractivity contribution is 5.94. The van der Waals surface area contributed by atoms with Crippen molar-refractivity contribution >= 4 is 11.9 Å². The average Bonchev–Trinajstić information content (AvgIpc) is 2.63. The molecule has 1 amide bonds. The molecule has 4 nitrogen and oxygen atoms in total. The van der Waals surface area contributed by atoms with Gasteiger partial charge in [0.1, 0.15) is 5.82 Å². The van der Waals surface area contributed by atoms with Crippen LogP contribution in [0.5, 0.6) is 0 Å². The predicted molar refractivity (Wildman–Crippen MR) is 98.4 cm³/mol. The van der Waals surface area contributed by atoms with Crippen molar-refractivity contribution in [2.24, 2.45) is 0 Å². The van der Waals surface area contributed by atoms with E-state index in [1.165, 1.54) is 12.1 Å². The number of carbonyl (C=O) groups excluding carboxylic acids is 2. The van der Waals surface area contributed by atoms with Gasteiger partial charge in [-0.05, 0) is 50.1 Å². The third-order valence-corrected chi connectivity index (χ3v) is 4.03. The van der Waals surface area contributed by atoms with Crippen molar-refractivity contribution in [1.82, 2.24) is 4.90 Å². The Kier molecular flexibility index (Phi) is 7.33. The lowest BCUT2D eigenvalue weighted by Crippen LogP contribution is -2.35. The highest BCUT2D eigenvalue weighted by Gasteiger charge is 2.17. The summed E-state index contributed by atoms with van der Waals surface area (Å²) in [5, 5.41) is 0. The zero-order chi connectivity index (χ0) is 18.9. The normalized spacial score (nSPS) is 10.4. The Labute approximate surface area is 153 Å². The second-order valence-corrected chi connectivity index (χ2v) is 6.09. The number of halogens is 1. The van der Waals surface area contributed by atoms with Crippen molar-refractivity contribution in [3.8, 4) is 0 Å². The summed E-state index contributed by atoms with van der Waals surface area (Å²) in [6, 6.07) is 13.6. The van der Waals surface area contributed by atoms with Crippen LogP contribution in [0.3, 0.4) is 0 Å². The summed E-state index contributed by atoms with van der Waals surface area (Å²) in [5.74, 6) is -0.736. The smallest absolute Gasteiger partial charge is 0.307 e. The van der Waals surface area contributed by atoms with Crippen LogP contribution >= 0.6 is 0 Å². The lowest BCUT2D eigenvalue weighted by Gasteiger charge is -2.23. The highest BCUT2D eigenvalue weighted by atomic mass is 19.1. The van der Waals surface area contributed by atoms with Crippen molar-refractivity contribution in [3.05, 3.63) is 71.0 Å². The summed E-state index contributed by atoms with van der Waals surface area (Å²) < 4.78 is 18.0. The number of aryl methyl sites for hydroxylation is 1. The Bertz CT molecular complexity index is 743. The maximum atomic E-state index is 13.0. The Morgan fingerprint density at radius 2 is 1.81 bits per heavy atom. The predicted octanol–water partition coefficient (Wildman–Crippen LogP) is 3.77. The van der Waals surface area contributed by atoms with Crippen molar-refractivity contribution in [2.75, 3.05) is 19.7 Å². The van der Waals surface area contributed by atoms with E-state index >= 15 is 0 Å². The van der Waals surface area contributed by atoms with Gasteiger partial charge in [-0.25, -0.2) is 4.39 Å². The zero-order valence-electron chi connectivity index (χ0n) is 15.2. The van der Waals surface area contributed by atoms with Crippen LogP contribution in [0.15, 0.2) is 48.5 Å². The summed E-state index contributed by atoms with van der Waals surface area (Å²) >= 11 is 0. The minimum Gasteiger partial charge on any atom is -0.466 e. The van der Waals surface area contributed by atoms with E-state index < -0.39 is 0 Å². The van der Waals surface area contributed by atoms with Gasteiger partial charge >= 0.3 is 5.97 Å². The Morgan fingerprint density at radius 3 is 2.46 bits per heavy atom. The summed E-state index contributed by atoms with van der Waals surface area (Å²) in [5.41, 5.74) is 2.53. The van der Waals surface area contributed by atoms with E-state index in [2.05, 4.69) is 0 Å². The third-order valence-electron chi connectivity index (χ3n) is 4.03. The number of rotatable bonds is 8. The molecule has 2 aromatic carbocycles. The van der Waals surface area contributed by atoms with Crippen LogP contribution in [0.4, 0.5) is 4.39 Å². The quantitative estimate of drug-likeness (QED) is 0.676. The molecule has 0 saturated carbocycles. The maximum Gasteiger partial charge on any atom is 0.307 e. The first-order valence-corrected chi connectivity index (χ1v) is 8.75. The van der Waals surface area contributed by atoms with Gasteiger partial charge in [-0.3, -0.25) is 9.59 Å². The first-order valence-electron chi connectivity index (χ1n) is 8.75. The topological polar surface area (TPSA) is 46.6 Å². The molecule has 0 atom stereocenters.